The zero-order chi connectivity index (χ0) is 17.8. The number of nitrogens with two attached hydrogens (primary N) is 1. The Morgan fingerprint density at radius 2 is 2.20 bits per heavy atom. The van der Waals surface area contributed by atoms with Crippen LogP contribution in [0.25, 0.3) is 0 Å². The van der Waals surface area contributed by atoms with Gasteiger partial charge in [0.2, 0.25) is 5.82 Å². The van der Waals surface area contributed by atoms with E-state index in [-0.39, 0.29) is 17.8 Å². The van der Waals surface area contributed by atoms with Gasteiger partial charge in [-0.1, -0.05) is 6.07 Å². The lowest BCUT2D eigenvalue weighted by Gasteiger charge is -2.20. The number of hydrogen-bond donors (Lipinski definition) is 2. The van der Waals surface area contributed by atoms with E-state index in [0.29, 0.717) is 13.0 Å². The Hall–Kier alpha value is -2.54. The Labute approximate surface area is 147 Å². The van der Waals surface area contributed by atoms with Crippen LogP contribution in [0.15, 0.2) is 24.4 Å². The van der Waals surface area contributed by atoms with Crippen molar-refractivity contribution in [3.8, 4) is 0 Å². The van der Waals surface area contributed by atoms with Crippen molar-refractivity contribution in [2.75, 3.05) is 24.5 Å². The summed E-state index contributed by atoms with van der Waals surface area (Å²) in [4.78, 5) is 27.7. The molecule has 0 spiro atoms. The average molecular weight is 340 g/mol. The molecule has 0 aromatic carbocycles. The molecule has 1 aliphatic rings. The highest BCUT2D eigenvalue weighted by Gasteiger charge is 2.24. The van der Waals surface area contributed by atoms with E-state index in [2.05, 4.69) is 25.2 Å². The van der Waals surface area contributed by atoms with Gasteiger partial charge in [0.05, 0.1) is 0 Å². The first-order chi connectivity index (χ1) is 12.0. The van der Waals surface area contributed by atoms with Gasteiger partial charge >= 0.3 is 0 Å². The normalized spacial score (nSPS) is 16.9. The number of carbonyl (C=O) groups is 1. The van der Waals surface area contributed by atoms with E-state index in [1.807, 2.05) is 32.0 Å². The number of rotatable bonds is 5. The Morgan fingerprint density at radius 3 is 2.88 bits per heavy atom. The SMILES string of the molecule is Cc1nc(C(=O)NCCc2ccccn2)nc(N2CC[C@@H](N)C2)c1C. The first-order valence-electron chi connectivity index (χ1n) is 8.58. The first-order valence-corrected chi connectivity index (χ1v) is 8.58. The number of anilines is 1. The molecule has 25 heavy (non-hydrogen) atoms. The second-order valence-electron chi connectivity index (χ2n) is 6.40. The molecule has 1 saturated heterocycles. The maximum absolute atomic E-state index is 12.4. The molecule has 2 aromatic heterocycles. The van der Waals surface area contributed by atoms with Crippen molar-refractivity contribution >= 4 is 11.7 Å². The molecule has 7 nitrogen and oxygen atoms in total. The summed E-state index contributed by atoms with van der Waals surface area (Å²) in [5, 5.41) is 2.87. The van der Waals surface area contributed by atoms with E-state index in [1.165, 1.54) is 0 Å². The fourth-order valence-electron chi connectivity index (χ4n) is 2.93. The standard InChI is InChI=1S/C18H24N6O/c1-12-13(2)22-16(23-17(12)24-10-7-14(19)11-24)18(25)21-9-6-15-5-3-4-8-20-15/h3-5,8,14H,6-7,9-11,19H2,1-2H3,(H,21,25)/t14-/m1/s1. The molecule has 1 amide bonds. The molecule has 0 aliphatic carbocycles. The third-order valence-electron chi connectivity index (χ3n) is 4.48. The van der Waals surface area contributed by atoms with Gasteiger partial charge in [0.25, 0.3) is 5.91 Å². The van der Waals surface area contributed by atoms with Gasteiger partial charge in [-0.05, 0) is 32.4 Å². The largest absolute Gasteiger partial charge is 0.355 e. The Kier molecular flexibility index (Phi) is 5.23. The second-order valence-corrected chi connectivity index (χ2v) is 6.40. The number of hydrogen-bond acceptors (Lipinski definition) is 6. The van der Waals surface area contributed by atoms with Gasteiger partial charge in [0, 0.05) is 55.2 Å². The van der Waals surface area contributed by atoms with Crippen molar-refractivity contribution < 1.29 is 4.79 Å². The maximum atomic E-state index is 12.4. The van der Waals surface area contributed by atoms with Crippen molar-refractivity contribution in [1.82, 2.24) is 20.3 Å². The monoisotopic (exact) mass is 340 g/mol. The number of amides is 1. The third-order valence-corrected chi connectivity index (χ3v) is 4.48. The van der Waals surface area contributed by atoms with Gasteiger partial charge in [0.1, 0.15) is 5.82 Å². The lowest BCUT2D eigenvalue weighted by atomic mass is 10.2. The van der Waals surface area contributed by atoms with Crippen LogP contribution in [-0.2, 0) is 6.42 Å². The van der Waals surface area contributed by atoms with E-state index < -0.39 is 0 Å². The van der Waals surface area contributed by atoms with Crippen LogP contribution < -0.4 is 16.0 Å². The summed E-state index contributed by atoms with van der Waals surface area (Å²) in [6.07, 6.45) is 3.36. The summed E-state index contributed by atoms with van der Waals surface area (Å²) in [5.74, 6) is 0.763. The van der Waals surface area contributed by atoms with E-state index in [0.717, 1.165) is 42.3 Å². The van der Waals surface area contributed by atoms with E-state index in [9.17, 15) is 4.79 Å². The van der Waals surface area contributed by atoms with E-state index in [1.54, 1.807) is 6.20 Å². The van der Waals surface area contributed by atoms with Gasteiger partial charge in [-0.15, -0.1) is 0 Å². The van der Waals surface area contributed by atoms with Gasteiger partial charge in [-0.25, -0.2) is 9.97 Å². The lowest BCUT2D eigenvalue weighted by Crippen LogP contribution is -2.31. The minimum absolute atomic E-state index is 0.158. The number of pyridine rings is 1. The number of carbonyl (C=O) groups excluding carboxylic acids is 1. The molecule has 2 aromatic rings. The molecule has 0 radical (unpaired) electrons. The lowest BCUT2D eigenvalue weighted by molar-refractivity contribution is 0.0943. The average Bonchev–Trinajstić information content (AvgIpc) is 3.04. The molecule has 3 N–H and O–H groups in total. The van der Waals surface area contributed by atoms with Crippen molar-refractivity contribution in [3.63, 3.8) is 0 Å². The highest BCUT2D eigenvalue weighted by atomic mass is 16.2. The summed E-state index contributed by atoms with van der Waals surface area (Å²) in [6, 6.07) is 5.90. The molecule has 1 aliphatic heterocycles. The zero-order valence-electron chi connectivity index (χ0n) is 14.7. The van der Waals surface area contributed by atoms with E-state index in [4.69, 9.17) is 5.73 Å². The van der Waals surface area contributed by atoms with Crippen LogP contribution in [-0.4, -0.2) is 46.5 Å². The van der Waals surface area contributed by atoms with Crippen LogP contribution in [0.2, 0.25) is 0 Å². The molecule has 1 fully saturated rings. The molecular weight excluding hydrogens is 316 g/mol. The van der Waals surface area contributed by atoms with Crippen molar-refractivity contribution in [3.05, 3.63) is 47.2 Å². The highest BCUT2D eigenvalue weighted by molar-refractivity contribution is 5.91. The van der Waals surface area contributed by atoms with Crippen LogP contribution in [0.4, 0.5) is 5.82 Å². The van der Waals surface area contributed by atoms with Crippen molar-refractivity contribution in [2.45, 2.75) is 32.7 Å². The molecule has 0 saturated carbocycles. The summed E-state index contributed by atoms with van der Waals surface area (Å²) < 4.78 is 0. The van der Waals surface area contributed by atoms with Crippen LogP contribution in [0, 0.1) is 13.8 Å². The molecule has 3 rings (SSSR count). The quantitative estimate of drug-likeness (QED) is 0.843. The smallest absolute Gasteiger partial charge is 0.289 e. The number of nitrogens with one attached hydrogen (secondary N) is 1. The molecule has 3 heterocycles. The molecule has 1 atom stereocenters. The van der Waals surface area contributed by atoms with Gasteiger partial charge < -0.3 is 16.0 Å². The predicted octanol–water partition coefficient (Wildman–Crippen LogP) is 0.998. The topological polar surface area (TPSA) is 97.0 Å². The second kappa shape index (κ2) is 7.57. The van der Waals surface area contributed by atoms with Gasteiger partial charge in [-0.2, -0.15) is 0 Å². The summed E-state index contributed by atoms with van der Waals surface area (Å²) in [5.41, 5.74) is 8.76. The fraction of sp³-hybridized carbons (Fsp3) is 0.444. The molecule has 132 valence electrons. The van der Waals surface area contributed by atoms with E-state index >= 15 is 0 Å². The van der Waals surface area contributed by atoms with Gasteiger partial charge in [-0.3, -0.25) is 9.78 Å². The van der Waals surface area contributed by atoms with Crippen LogP contribution in [0.3, 0.4) is 0 Å². The number of aromatic nitrogens is 3. The third kappa shape index (κ3) is 4.11. The molecular formula is C18H24N6O. The Morgan fingerprint density at radius 1 is 1.36 bits per heavy atom. The Balaban J connectivity index is 1.68. The predicted molar refractivity (Wildman–Crippen MR) is 96.6 cm³/mol. The van der Waals surface area contributed by atoms with Crippen molar-refractivity contribution in [2.24, 2.45) is 5.73 Å². The summed E-state index contributed by atoms with van der Waals surface area (Å²) in [6.45, 7) is 6.01. The molecule has 0 unspecified atom stereocenters. The van der Waals surface area contributed by atoms with Crippen LogP contribution in [0.1, 0.15) is 34.0 Å². The first kappa shape index (κ1) is 17.3. The van der Waals surface area contributed by atoms with Crippen LogP contribution in [0.5, 0.6) is 0 Å². The molecule has 0 bridgehead atoms. The molecule has 7 heteroatoms. The minimum Gasteiger partial charge on any atom is -0.355 e. The minimum atomic E-state index is -0.260. The van der Waals surface area contributed by atoms with Crippen LogP contribution >= 0.6 is 0 Å². The highest BCUT2D eigenvalue weighted by Crippen LogP contribution is 2.23. The maximum Gasteiger partial charge on any atom is 0.289 e. The Bertz CT molecular complexity index is 749. The van der Waals surface area contributed by atoms with Crippen molar-refractivity contribution in [1.29, 1.82) is 0 Å². The summed E-state index contributed by atoms with van der Waals surface area (Å²) in [7, 11) is 0. The zero-order valence-corrected chi connectivity index (χ0v) is 14.7. The summed E-state index contributed by atoms with van der Waals surface area (Å²) >= 11 is 0. The van der Waals surface area contributed by atoms with Gasteiger partial charge in [0.15, 0.2) is 0 Å². The number of aryl methyl sites for hydroxylation is 1. The fourth-order valence-corrected chi connectivity index (χ4v) is 2.93. The number of nitrogens with zero attached hydrogens (tertiary/aromatic N) is 4.